The Labute approximate surface area is 356 Å². The average molecular weight is 900 g/mol. The van der Waals surface area contributed by atoms with Crippen molar-refractivity contribution in [3.63, 3.8) is 0 Å². The number of unbranched alkanes of at least 4 members (excludes halogenated alkanes) is 18. The van der Waals surface area contributed by atoms with E-state index in [1.165, 1.54) is 116 Å². The van der Waals surface area contributed by atoms with Gasteiger partial charge in [-0.15, -0.1) is 0 Å². The molecule has 0 rings (SSSR count). The number of carbonyl (C=O) groups excluding carboxylic acids is 3. The Kier molecular flexibility index (Phi) is 40.5. The zero-order valence-corrected chi connectivity index (χ0v) is 40.2. The molecule has 0 saturated heterocycles. The van der Waals surface area contributed by atoms with Gasteiger partial charge in [-0.1, -0.05) is 197 Å². The summed E-state index contributed by atoms with van der Waals surface area (Å²) in [7, 11) is 0. The van der Waals surface area contributed by atoms with Crippen LogP contribution in [0.4, 0.5) is 0 Å². The second-order valence-electron chi connectivity index (χ2n) is 16.7. The van der Waals surface area contributed by atoms with E-state index in [-0.39, 0.29) is 40.7 Å². The molecule has 6 nitrogen and oxygen atoms in total. The Morgan fingerprint density at radius 3 is 0.692 bits per heavy atom. The van der Waals surface area contributed by atoms with Crippen LogP contribution in [0.3, 0.4) is 0 Å². The summed E-state index contributed by atoms with van der Waals surface area (Å²) >= 11 is 12.3. The maximum Gasteiger partial charge on any atom is 3.00 e. The fourth-order valence-electron chi connectivity index (χ4n) is 5.98. The molecule has 0 heterocycles. The van der Waals surface area contributed by atoms with Crippen LogP contribution in [0.2, 0.25) is 0 Å². The van der Waals surface area contributed by atoms with Gasteiger partial charge in [0.1, 0.15) is 0 Å². The number of hydrogen-bond donors (Lipinski definition) is 3. The molecule has 0 amide bonds. The Hall–Kier alpha value is 0.278. The molecular weight excluding hydrogens is 818 g/mol. The summed E-state index contributed by atoms with van der Waals surface area (Å²) in [5, 5.41) is 30.3. The predicted octanol–water partition coefficient (Wildman–Crippen LogP) is 9.22. The van der Waals surface area contributed by atoms with Crippen LogP contribution in [0.25, 0.3) is 0 Å². The van der Waals surface area contributed by atoms with Crippen molar-refractivity contribution >= 4 is 80.2 Å². The van der Waals surface area contributed by atoms with Crippen molar-refractivity contribution in [1.29, 1.82) is 0 Å². The molecule has 0 fully saturated rings. The van der Waals surface area contributed by atoms with Crippen molar-refractivity contribution in [1.82, 2.24) is 0 Å². The van der Waals surface area contributed by atoms with E-state index in [0.717, 1.165) is 38.5 Å². The van der Waals surface area contributed by atoms with Crippen LogP contribution in [0.5, 0.6) is 0 Å². The molecule has 308 valence electrons. The summed E-state index contributed by atoms with van der Waals surface area (Å²) in [5.74, 6) is -3.16. The number of carboxylic acids is 3. The third-order valence-electron chi connectivity index (χ3n) is 10.2. The van der Waals surface area contributed by atoms with Gasteiger partial charge in [0.2, 0.25) is 0 Å². The standard InChI is InChI=1S/3C14H28O2S.Sb/c3*1-4-5-6-7-8-9-10-11-14(2,3)12(17)13(15)16;/h3*12,17H,4-11H2,1-3H3,(H,15,16);/q;;;+3/p-3. The van der Waals surface area contributed by atoms with Crippen molar-refractivity contribution < 1.29 is 29.7 Å². The zero-order valence-electron chi connectivity index (χ0n) is 34.9. The SMILES string of the molecule is CCCCCCCCCC(C)(C)C(S)C(=O)[O-].CCCCCCCCCC(C)(C)C(S)C(=O)[O-].CCCCCCCCCC(C)(C)C(S)C(=O)[O-].[Sb+3]. The second-order valence-corrected chi connectivity index (χ2v) is 18.3. The largest absolute Gasteiger partial charge is 3.00 e. The maximum absolute atomic E-state index is 10.8. The summed E-state index contributed by atoms with van der Waals surface area (Å²) < 4.78 is 0. The first-order chi connectivity index (χ1) is 23.7. The van der Waals surface area contributed by atoms with Crippen LogP contribution in [0, 0.1) is 16.2 Å². The van der Waals surface area contributed by atoms with Crippen LogP contribution in [0.15, 0.2) is 0 Å². The summed E-state index contributed by atoms with van der Waals surface area (Å²) in [6, 6.07) is 0. The van der Waals surface area contributed by atoms with Crippen molar-refractivity contribution in [3.05, 3.63) is 0 Å². The molecule has 0 saturated carbocycles. The molecule has 0 aromatic rings. The van der Waals surface area contributed by atoms with Gasteiger partial charge < -0.3 is 29.7 Å². The predicted molar refractivity (Wildman–Crippen MR) is 228 cm³/mol. The summed E-state index contributed by atoms with van der Waals surface area (Å²) in [5.41, 5.74) is -0.817. The quantitative estimate of drug-likeness (QED) is 0.0376. The molecule has 3 atom stereocenters. The van der Waals surface area contributed by atoms with E-state index >= 15 is 0 Å². The van der Waals surface area contributed by atoms with E-state index < -0.39 is 33.7 Å². The first-order valence-electron chi connectivity index (χ1n) is 20.4. The topological polar surface area (TPSA) is 120 Å². The Bertz CT molecular complexity index is 759. The van der Waals surface area contributed by atoms with Crippen LogP contribution < -0.4 is 15.3 Å². The van der Waals surface area contributed by atoms with Crippen LogP contribution >= 0.6 is 37.9 Å². The molecule has 0 N–H and O–H groups in total. The molecule has 0 aromatic heterocycles. The van der Waals surface area contributed by atoms with E-state index in [1.54, 1.807) is 0 Å². The van der Waals surface area contributed by atoms with Crippen molar-refractivity contribution in [2.75, 3.05) is 0 Å². The van der Waals surface area contributed by atoms with Crippen molar-refractivity contribution in [2.45, 2.75) is 232 Å². The molecule has 2 radical (unpaired) electrons. The van der Waals surface area contributed by atoms with E-state index in [2.05, 4.69) is 58.7 Å². The maximum atomic E-state index is 10.8. The summed E-state index contributed by atoms with van der Waals surface area (Å²) in [6.07, 6.45) is 29.1. The van der Waals surface area contributed by atoms with Gasteiger partial charge in [0, 0.05) is 15.7 Å². The minimum absolute atomic E-state index is 0. The van der Waals surface area contributed by atoms with E-state index in [9.17, 15) is 29.7 Å². The molecule has 0 aliphatic heterocycles. The van der Waals surface area contributed by atoms with E-state index in [0.29, 0.717) is 0 Å². The van der Waals surface area contributed by atoms with Gasteiger partial charge >= 0.3 is 24.4 Å². The second kappa shape index (κ2) is 35.7. The van der Waals surface area contributed by atoms with Gasteiger partial charge in [0.25, 0.3) is 0 Å². The fraction of sp³-hybridized carbons (Fsp3) is 0.929. The molecule has 0 spiro atoms. The van der Waals surface area contributed by atoms with Crippen LogP contribution in [-0.2, 0) is 14.4 Å². The molecule has 52 heavy (non-hydrogen) atoms. The molecule has 0 aromatic carbocycles. The van der Waals surface area contributed by atoms with Crippen molar-refractivity contribution in [3.8, 4) is 0 Å². The number of rotatable bonds is 30. The molecule has 0 bridgehead atoms. The summed E-state index contributed by atoms with van der Waals surface area (Å²) in [4.78, 5) is 32.3. The normalized spacial score (nSPS) is 13.4. The number of thiol groups is 3. The summed E-state index contributed by atoms with van der Waals surface area (Å²) in [6.45, 7) is 18.4. The van der Waals surface area contributed by atoms with Gasteiger partial charge in [0.15, 0.2) is 0 Å². The zero-order chi connectivity index (χ0) is 39.9. The van der Waals surface area contributed by atoms with Crippen LogP contribution in [0.1, 0.15) is 216 Å². The Morgan fingerprint density at radius 1 is 0.385 bits per heavy atom. The monoisotopic (exact) mass is 898 g/mol. The van der Waals surface area contributed by atoms with Gasteiger partial charge in [-0.2, -0.15) is 37.9 Å². The fourth-order valence-corrected chi connectivity index (χ4v) is 6.37. The van der Waals surface area contributed by atoms with E-state index in [1.807, 2.05) is 41.5 Å². The van der Waals surface area contributed by atoms with Crippen molar-refractivity contribution in [2.24, 2.45) is 16.2 Å². The third-order valence-corrected chi connectivity index (χ3v) is 12.9. The van der Waals surface area contributed by atoms with Gasteiger partial charge in [-0.3, -0.25) is 0 Å². The minimum atomic E-state index is -1.05. The Morgan fingerprint density at radius 2 is 0.538 bits per heavy atom. The molecular formula is C42H81O6S3Sb. The smallest absolute Gasteiger partial charge is 0.549 e. The number of carboxylic acid groups (broad SMARTS) is 3. The molecule has 0 aliphatic rings. The van der Waals surface area contributed by atoms with Crippen LogP contribution in [-0.4, -0.2) is 58.1 Å². The third kappa shape index (κ3) is 33.6. The molecule has 10 heteroatoms. The average Bonchev–Trinajstić information content (AvgIpc) is 3.06. The number of carbonyl (C=O) groups is 3. The van der Waals surface area contributed by atoms with Gasteiger partial charge in [-0.25, -0.2) is 0 Å². The Balaban J connectivity index is -0.000000329. The number of hydrogen-bond acceptors (Lipinski definition) is 9. The van der Waals surface area contributed by atoms with Gasteiger partial charge in [0.05, 0.1) is 17.9 Å². The first-order valence-corrected chi connectivity index (χ1v) is 22.0. The molecule has 0 aliphatic carbocycles. The molecule has 3 unspecified atom stereocenters. The van der Waals surface area contributed by atoms with Gasteiger partial charge in [-0.05, 0) is 35.5 Å². The minimum Gasteiger partial charge on any atom is -0.549 e. The van der Waals surface area contributed by atoms with E-state index in [4.69, 9.17) is 0 Å². The number of aliphatic carboxylic acids is 3. The first kappa shape index (κ1) is 59.0.